The summed E-state index contributed by atoms with van der Waals surface area (Å²) < 4.78 is 9.74. The summed E-state index contributed by atoms with van der Waals surface area (Å²) in [6.45, 7) is 0.104. The molecule has 0 amide bonds. The summed E-state index contributed by atoms with van der Waals surface area (Å²) in [5.41, 5.74) is 0.259. The normalized spacial score (nSPS) is 9.31. The van der Waals surface area contributed by atoms with E-state index in [1.807, 2.05) is 6.07 Å². The smallest absolute Gasteiger partial charge is 0.188 e. The summed E-state index contributed by atoms with van der Waals surface area (Å²) in [4.78, 5) is 3.77. The van der Waals surface area contributed by atoms with Crippen molar-refractivity contribution in [1.82, 2.24) is 4.98 Å². The van der Waals surface area contributed by atoms with Crippen molar-refractivity contribution in [2.45, 2.75) is 0 Å². The van der Waals surface area contributed by atoms with Gasteiger partial charge in [-0.15, -0.1) is 0 Å². The predicted molar refractivity (Wildman–Crippen MR) is 46.5 cm³/mol. The van der Waals surface area contributed by atoms with Gasteiger partial charge in [-0.1, -0.05) is 11.6 Å². The Balaban J connectivity index is 2.81. The topological polar surface area (TPSA) is 55.1 Å². The second kappa shape index (κ2) is 4.65. The molecule has 0 bridgehead atoms. The summed E-state index contributed by atoms with van der Waals surface area (Å²) in [5.74, 6) is 0.405. The monoisotopic (exact) mass is 198 g/mol. The van der Waals surface area contributed by atoms with E-state index in [9.17, 15) is 0 Å². The van der Waals surface area contributed by atoms with Crippen molar-refractivity contribution >= 4 is 11.6 Å². The number of nitriles is 1. The van der Waals surface area contributed by atoms with Crippen LogP contribution in [0.5, 0.6) is 5.75 Å². The predicted octanol–water partition coefficient (Wildman–Crippen LogP) is 1.59. The van der Waals surface area contributed by atoms with Crippen LogP contribution in [0.1, 0.15) is 5.69 Å². The van der Waals surface area contributed by atoms with Gasteiger partial charge in [-0.2, -0.15) is 5.26 Å². The first-order valence-electron chi connectivity index (χ1n) is 3.46. The molecule has 0 spiro atoms. The first kappa shape index (κ1) is 9.78. The van der Waals surface area contributed by atoms with Crippen LogP contribution in [-0.2, 0) is 4.74 Å². The molecule has 4 nitrogen and oxygen atoms in total. The lowest BCUT2D eigenvalue weighted by molar-refractivity contribution is 0.0509. The van der Waals surface area contributed by atoms with Crippen LogP contribution in [0.15, 0.2) is 12.1 Å². The van der Waals surface area contributed by atoms with Crippen molar-refractivity contribution in [2.24, 2.45) is 0 Å². The average molecular weight is 199 g/mol. The molecule has 0 unspecified atom stereocenters. The molecule has 1 aromatic rings. The molecule has 0 saturated heterocycles. The van der Waals surface area contributed by atoms with Gasteiger partial charge in [0.05, 0.1) is 0 Å². The highest BCUT2D eigenvalue weighted by Gasteiger charge is 2.03. The van der Waals surface area contributed by atoms with Gasteiger partial charge >= 0.3 is 0 Å². The van der Waals surface area contributed by atoms with E-state index >= 15 is 0 Å². The highest BCUT2D eigenvalue weighted by molar-refractivity contribution is 6.30. The van der Waals surface area contributed by atoms with Crippen LogP contribution in [0.3, 0.4) is 0 Å². The van der Waals surface area contributed by atoms with Crippen molar-refractivity contribution in [3.8, 4) is 11.8 Å². The molecule has 0 aliphatic carbocycles. The van der Waals surface area contributed by atoms with Crippen molar-refractivity contribution < 1.29 is 9.47 Å². The molecule has 68 valence electrons. The Kier molecular flexibility index (Phi) is 3.50. The summed E-state index contributed by atoms with van der Waals surface area (Å²) in [6.07, 6.45) is 0. The zero-order valence-corrected chi connectivity index (χ0v) is 7.71. The summed E-state index contributed by atoms with van der Waals surface area (Å²) in [7, 11) is 1.50. The zero-order valence-electron chi connectivity index (χ0n) is 6.95. The molecular weight excluding hydrogens is 192 g/mol. The van der Waals surface area contributed by atoms with Crippen molar-refractivity contribution in [3.63, 3.8) is 0 Å². The maximum absolute atomic E-state index is 8.49. The quantitative estimate of drug-likeness (QED) is 0.547. The van der Waals surface area contributed by atoms with Crippen molar-refractivity contribution in [2.75, 3.05) is 13.9 Å². The Morgan fingerprint density at radius 2 is 2.38 bits per heavy atom. The van der Waals surface area contributed by atoms with Crippen LogP contribution in [-0.4, -0.2) is 18.9 Å². The molecule has 0 aliphatic heterocycles. The Labute approximate surface area is 80.7 Å². The van der Waals surface area contributed by atoms with Crippen LogP contribution in [0.4, 0.5) is 0 Å². The van der Waals surface area contributed by atoms with E-state index in [0.29, 0.717) is 5.75 Å². The van der Waals surface area contributed by atoms with Gasteiger partial charge < -0.3 is 9.47 Å². The SMILES string of the molecule is COCOc1ccc(C#N)nc1Cl. The van der Waals surface area contributed by atoms with Gasteiger partial charge in [0.2, 0.25) is 0 Å². The van der Waals surface area contributed by atoms with Gasteiger partial charge in [0.15, 0.2) is 17.7 Å². The van der Waals surface area contributed by atoms with E-state index < -0.39 is 0 Å². The van der Waals surface area contributed by atoms with Gasteiger partial charge in [-0.3, -0.25) is 0 Å². The Morgan fingerprint density at radius 3 is 2.92 bits per heavy atom. The van der Waals surface area contributed by atoms with Gasteiger partial charge in [0.1, 0.15) is 11.8 Å². The lowest BCUT2D eigenvalue weighted by Crippen LogP contribution is -2.00. The number of aromatic nitrogens is 1. The highest BCUT2D eigenvalue weighted by Crippen LogP contribution is 2.21. The third kappa shape index (κ3) is 2.58. The van der Waals surface area contributed by atoms with Crippen LogP contribution in [0.2, 0.25) is 5.15 Å². The molecule has 13 heavy (non-hydrogen) atoms. The minimum absolute atomic E-state index is 0.104. The molecule has 0 aliphatic rings. The molecule has 0 fully saturated rings. The Bertz CT molecular complexity index is 335. The minimum atomic E-state index is 0.104. The number of rotatable bonds is 3. The number of ether oxygens (including phenoxy) is 2. The number of hydrogen-bond acceptors (Lipinski definition) is 4. The fourth-order valence-electron chi connectivity index (χ4n) is 0.714. The lowest BCUT2D eigenvalue weighted by Gasteiger charge is -2.04. The maximum atomic E-state index is 8.49. The van der Waals surface area contributed by atoms with Crippen LogP contribution in [0, 0.1) is 11.3 Å². The maximum Gasteiger partial charge on any atom is 0.188 e. The number of hydrogen-bond donors (Lipinski definition) is 0. The summed E-state index contributed by atoms with van der Waals surface area (Å²) in [6, 6.07) is 4.97. The number of halogens is 1. The molecular formula is C8H7ClN2O2. The summed E-state index contributed by atoms with van der Waals surface area (Å²) >= 11 is 5.70. The van der Waals surface area contributed by atoms with Crippen molar-refractivity contribution in [3.05, 3.63) is 23.0 Å². The molecule has 1 heterocycles. The zero-order chi connectivity index (χ0) is 9.68. The summed E-state index contributed by atoms with van der Waals surface area (Å²) in [5, 5.41) is 8.66. The van der Waals surface area contributed by atoms with Gasteiger partial charge in [-0.25, -0.2) is 4.98 Å². The number of pyridine rings is 1. The molecule has 0 N–H and O–H groups in total. The van der Waals surface area contributed by atoms with E-state index in [0.717, 1.165) is 0 Å². The van der Waals surface area contributed by atoms with E-state index in [-0.39, 0.29) is 17.6 Å². The number of methoxy groups -OCH3 is 1. The second-order valence-corrected chi connectivity index (χ2v) is 2.51. The second-order valence-electron chi connectivity index (χ2n) is 2.15. The minimum Gasteiger partial charge on any atom is -0.464 e. The first-order chi connectivity index (χ1) is 6.27. The molecule has 0 radical (unpaired) electrons. The molecule has 5 heteroatoms. The number of nitrogens with zero attached hydrogens (tertiary/aromatic N) is 2. The Hall–Kier alpha value is -1.31. The molecule has 0 atom stereocenters. The standard InChI is InChI=1S/C8H7ClN2O2/c1-12-5-13-7-3-2-6(4-10)11-8(7)9/h2-3H,5H2,1H3. The molecule has 1 aromatic heterocycles. The highest BCUT2D eigenvalue weighted by atomic mass is 35.5. The van der Waals surface area contributed by atoms with Gasteiger partial charge in [0.25, 0.3) is 0 Å². The van der Waals surface area contributed by atoms with Crippen LogP contribution >= 0.6 is 11.6 Å². The van der Waals surface area contributed by atoms with Gasteiger partial charge in [0, 0.05) is 7.11 Å². The fraction of sp³-hybridized carbons (Fsp3) is 0.250. The largest absolute Gasteiger partial charge is 0.464 e. The fourth-order valence-corrected chi connectivity index (χ4v) is 0.922. The Morgan fingerprint density at radius 1 is 1.62 bits per heavy atom. The van der Waals surface area contributed by atoms with E-state index in [2.05, 4.69) is 9.72 Å². The van der Waals surface area contributed by atoms with E-state index in [4.69, 9.17) is 21.6 Å². The molecule has 0 saturated carbocycles. The van der Waals surface area contributed by atoms with Crippen LogP contribution in [0.25, 0.3) is 0 Å². The molecule has 1 rings (SSSR count). The van der Waals surface area contributed by atoms with Gasteiger partial charge in [-0.05, 0) is 12.1 Å². The average Bonchev–Trinajstić information content (AvgIpc) is 2.16. The van der Waals surface area contributed by atoms with E-state index in [1.165, 1.54) is 13.2 Å². The van der Waals surface area contributed by atoms with E-state index in [1.54, 1.807) is 6.07 Å². The van der Waals surface area contributed by atoms with Crippen molar-refractivity contribution in [1.29, 1.82) is 5.26 Å². The third-order valence-electron chi connectivity index (χ3n) is 1.26. The first-order valence-corrected chi connectivity index (χ1v) is 3.84. The lowest BCUT2D eigenvalue weighted by atomic mass is 10.4. The van der Waals surface area contributed by atoms with Crippen LogP contribution < -0.4 is 4.74 Å². The molecule has 0 aromatic carbocycles. The third-order valence-corrected chi connectivity index (χ3v) is 1.53.